The number of amidine groups is 1. The summed E-state index contributed by atoms with van der Waals surface area (Å²) in [4.78, 5) is 2.24. The van der Waals surface area contributed by atoms with Crippen molar-refractivity contribution in [2.45, 2.75) is 25.3 Å². The SMILES string of the molecule is CN1CCCCC1COc1ccc(/C(N)=N/O)c(Br)c1F. The van der Waals surface area contributed by atoms with Gasteiger partial charge in [0.2, 0.25) is 0 Å². The fourth-order valence-corrected chi connectivity index (χ4v) is 2.97. The molecule has 5 nitrogen and oxygen atoms in total. The highest BCUT2D eigenvalue weighted by molar-refractivity contribution is 9.10. The van der Waals surface area contributed by atoms with Crippen LogP contribution in [0, 0.1) is 5.82 Å². The van der Waals surface area contributed by atoms with Crippen molar-refractivity contribution in [1.82, 2.24) is 4.90 Å². The van der Waals surface area contributed by atoms with Gasteiger partial charge in [0.15, 0.2) is 17.4 Å². The minimum absolute atomic E-state index is 0.132. The standard InChI is InChI=1S/C14H19BrFN3O2/c1-19-7-3-2-4-9(19)8-21-11-6-5-10(14(17)18-20)12(15)13(11)16/h5-6,9,20H,2-4,7-8H2,1H3,(H2,17,18). The third kappa shape index (κ3) is 3.65. The van der Waals surface area contributed by atoms with E-state index in [0.717, 1.165) is 13.0 Å². The smallest absolute Gasteiger partial charge is 0.179 e. The van der Waals surface area contributed by atoms with Gasteiger partial charge in [-0.1, -0.05) is 11.6 Å². The lowest BCUT2D eigenvalue weighted by Gasteiger charge is -2.32. The predicted molar refractivity (Wildman–Crippen MR) is 82.4 cm³/mol. The Hall–Kier alpha value is -1.34. The topological polar surface area (TPSA) is 71.1 Å². The largest absolute Gasteiger partial charge is 0.489 e. The van der Waals surface area contributed by atoms with Gasteiger partial charge in [-0.15, -0.1) is 0 Å². The molecule has 0 radical (unpaired) electrons. The molecule has 0 amide bonds. The molecule has 3 N–H and O–H groups in total. The van der Waals surface area contributed by atoms with E-state index >= 15 is 0 Å². The first-order valence-electron chi connectivity index (χ1n) is 6.83. The lowest BCUT2D eigenvalue weighted by atomic mass is 10.0. The number of hydrogen-bond acceptors (Lipinski definition) is 4. The Morgan fingerprint density at radius 2 is 2.33 bits per heavy atom. The normalized spacial score (nSPS) is 20.5. The number of benzene rings is 1. The van der Waals surface area contributed by atoms with E-state index in [-0.39, 0.29) is 21.6 Å². The van der Waals surface area contributed by atoms with Crippen molar-refractivity contribution >= 4 is 21.8 Å². The van der Waals surface area contributed by atoms with Crippen LogP contribution in [0.4, 0.5) is 4.39 Å². The van der Waals surface area contributed by atoms with Crippen LogP contribution in [-0.4, -0.2) is 42.2 Å². The van der Waals surface area contributed by atoms with E-state index in [1.165, 1.54) is 18.9 Å². The molecule has 0 aromatic heterocycles. The molecule has 1 unspecified atom stereocenters. The van der Waals surface area contributed by atoms with E-state index in [4.69, 9.17) is 15.7 Å². The van der Waals surface area contributed by atoms with Crippen LogP contribution in [-0.2, 0) is 0 Å². The number of nitrogens with zero attached hydrogens (tertiary/aromatic N) is 2. The molecule has 0 aliphatic carbocycles. The van der Waals surface area contributed by atoms with Gasteiger partial charge in [-0.3, -0.25) is 0 Å². The lowest BCUT2D eigenvalue weighted by Crippen LogP contribution is -2.40. The summed E-state index contributed by atoms with van der Waals surface area (Å²) in [5.41, 5.74) is 5.77. The second-order valence-corrected chi connectivity index (χ2v) is 5.96. The molecule has 1 aromatic rings. The Morgan fingerprint density at radius 3 is 3.00 bits per heavy atom. The van der Waals surface area contributed by atoms with E-state index in [2.05, 4.69) is 33.0 Å². The zero-order valence-corrected chi connectivity index (χ0v) is 13.4. The van der Waals surface area contributed by atoms with E-state index in [1.807, 2.05) is 0 Å². The highest BCUT2D eigenvalue weighted by Crippen LogP contribution is 2.29. The number of halogens is 2. The first-order valence-corrected chi connectivity index (χ1v) is 7.62. The Kier molecular flexibility index (Phi) is 5.41. The summed E-state index contributed by atoms with van der Waals surface area (Å²) < 4.78 is 20.0. The lowest BCUT2D eigenvalue weighted by molar-refractivity contribution is 0.122. The minimum Gasteiger partial charge on any atom is -0.489 e. The van der Waals surface area contributed by atoms with Gasteiger partial charge < -0.3 is 20.6 Å². The van der Waals surface area contributed by atoms with E-state index < -0.39 is 5.82 Å². The van der Waals surface area contributed by atoms with Gasteiger partial charge in [-0.25, -0.2) is 4.39 Å². The number of likely N-dealkylation sites (N-methyl/N-ethyl adjacent to an activating group) is 1. The van der Waals surface area contributed by atoms with Crippen LogP contribution < -0.4 is 10.5 Å². The predicted octanol–water partition coefficient (Wildman–Crippen LogP) is 2.55. The molecule has 7 heteroatoms. The van der Waals surface area contributed by atoms with Crippen LogP contribution in [0.1, 0.15) is 24.8 Å². The first kappa shape index (κ1) is 16.0. The van der Waals surface area contributed by atoms with Gasteiger partial charge in [-0.2, -0.15) is 0 Å². The highest BCUT2D eigenvalue weighted by Gasteiger charge is 2.21. The molecule has 1 saturated heterocycles. The fraction of sp³-hybridized carbons (Fsp3) is 0.500. The number of oxime groups is 1. The third-order valence-electron chi connectivity index (χ3n) is 3.78. The molecule has 0 bridgehead atoms. The molecule has 1 aliphatic rings. The van der Waals surface area contributed by atoms with Crippen LogP contribution in [0.15, 0.2) is 21.8 Å². The summed E-state index contributed by atoms with van der Waals surface area (Å²) in [5.74, 6) is -0.535. The van der Waals surface area contributed by atoms with Crippen molar-refractivity contribution in [3.8, 4) is 5.75 Å². The zero-order chi connectivity index (χ0) is 15.4. The van der Waals surface area contributed by atoms with Crippen LogP contribution in [0.5, 0.6) is 5.75 Å². The first-order chi connectivity index (χ1) is 10.0. The van der Waals surface area contributed by atoms with Crippen LogP contribution in [0.3, 0.4) is 0 Å². The number of nitrogens with two attached hydrogens (primary N) is 1. The molecule has 1 aliphatic heterocycles. The van der Waals surface area contributed by atoms with Gasteiger partial charge in [0.05, 0.1) is 4.47 Å². The maximum atomic E-state index is 14.2. The van der Waals surface area contributed by atoms with Crippen LogP contribution in [0.2, 0.25) is 0 Å². The molecular weight excluding hydrogens is 341 g/mol. The van der Waals surface area contributed by atoms with Gasteiger partial charge in [0, 0.05) is 11.6 Å². The summed E-state index contributed by atoms with van der Waals surface area (Å²) in [6.45, 7) is 1.49. The summed E-state index contributed by atoms with van der Waals surface area (Å²) in [7, 11) is 2.06. The monoisotopic (exact) mass is 359 g/mol. The number of ether oxygens (including phenoxy) is 1. The molecule has 21 heavy (non-hydrogen) atoms. The Bertz CT molecular complexity index is 539. The number of piperidine rings is 1. The summed E-state index contributed by atoms with van der Waals surface area (Å²) in [6.07, 6.45) is 3.43. The third-order valence-corrected chi connectivity index (χ3v) is 4.56. The molecule has 1 atom stereocenters. The zero-order valence-electron chi connectivity index (χ0n) is 11.9. The second-order valence-electron chi connectivity index (χ2n) is 5.17. The van der Waals surface area contributed by atoms with Crippen molar-refractivity contribution in [3.63, 3.8) is 0 Å². The maximum Gasteiger partial charge on any atom is 0.179 e. The van der Waals surface area contributed by atoms with Crippen molar-refractivity contribution < 1.29 is 14.3 Å². The summed E-state index contributed by atoms with van der Waals surface area (Å²) in [6, 6.07) is 3.36. The molecule has 116 valence electrons. The molecule has 0 saturated carbocycles. The Morgan fingerprint density at radius 1 is 1.57 bits per heavy atom. The summed E-state index contributed by atoms with van der Waals surface area (Å²) >= 11 is 3.11. The molecular formula is C14H19BrFN3O2. The number of hydrogen-bond donors (Lipinski definition) is 2. The molecule has 1 fully saturated rings. The second kappa shape index (κ2) is 7.09. The molecule has 0 spiro atoms. The molecule has 1 heterocycles. The van der Waals surface area contributed by atoms with Crippen molar-refractivity contribution in [1.29, 1.82) is 0 Å². The Balaban J connectivity index is 2.09. The van der Waals surface area contributed by atoms with E-state index in [0.29, 0.717) is 12.6 Å². The fourth-order valence-electron chi connectivity index (χ4n) is 2.44. The van der Waals surface area contributed by atoms with E-state index in [1.54, 1.807) is 6.07 Å². The average Bonchev–Trinajstić information content (AvgIpc) is 2.49. The number of rotatable bonds is 4. The molecule has 2 rings (SSSR count). The Labute approximate surface area is 131 Å². The number of likely N-dealkylation sites (tertiary alicyclic amines) is 1. The van der Waals surface area contributed by atoms with Crippen molar-refractivity contribution in [2.75, 3.05) is 20.2 Å². The van der Waals surface area contributed by atoms with Crippen LogP contribution in [0.25, 0.3) is 0 Å². The quantitative estimate of drug-likeness (QED) is 0.375. The molecule has 1 aromatic carbocycles. The minimum atomic E-state index is -0.544. The van der Waals surface area contributed by atoms with Crippen molar-refractivity contribution in [2.24, 2.45) is 10.9 Å². The van der Waals surface area contributed by atoms with Crippen LogP contribution >= 0.6 is 15.9 Å². The average molecular weight is 360 g/mol. The van der Waals surface area contributed by atoms with Gasteiger partial charge in [0.1, 0.15) is 6.61 Å². The summed E-state index contributed by atoms with van der Waals surface area (Å²) in [5, 5.41) is 11.5. The van der Waals surface area contributed by atoms with Gasteiger partial charge in [0.25, 0.3) is 0 Å². The maximum absolute atomic E-state index is 14.2. The van der Waals surface area contributed by atoms with Gasteiger partial charge >= 0.3 is 0 Å². The highest BCUT2D eigenvalue weighted by atomic mass is 79.9. The van der Waals surface area contributed by atoms with E-state index in [9.17, 15) is 4.39 Å². The van der Waals surface area contributed by atoms with Gasteiger partial charge in [-0.05, 0) is 54.5 Å². The van der Waals surface area contributed by atoms with Crippen molar-refractivity contribution in [3.05, 3.63) is 28.0 Å².